The minimum atomic E-state index is -0.469. The van der Waals surface area contributed by atoms with Crippen LogP contribution in [0.15, 0.2) is 53.1 Å². The van der Waals surface area contributed by atoms with E-state index in [0.29, 0.717) is 17.2 Å². The maximum absolute atomic E-state index is 13.1. The van der Waals surface area contributed by atoms with E-state index in [1.165, 1.54) is 37.5 Å². The Kier molecular flexibility index (Phi) is 7.02. The van der Waals surface area contributed by atoms with Gasteiger partial charge in [0.05, 0.1) is 31.7 Å². The van der Waals surface area contributed by atoms with Crippen molar-refractivity contribution in [1.82, 2.24) is 4.90 Å². The number of anilines is 2. The van der Waals surface area contributed by atoms with E-state index in [4.69, 9.17) is 13.9 Å². The summed E-state index contributed by atoms with van der Waals surface area (Å²) < 4.78 is 15.7. The zero-order valence-electron chi connectivity index (χ0n) is 19.0. The van der Waals surface area contributed by atoms with Crippen molar-refractivity contribution in [2.24, 2.45) is 0 Å². The third-order valence-corrected chi connectivity index (χ3v) is 4.90. The van der Waals surface area contributed by atoms with Gasteiger partial charge in [0.2, 0.25) is 0 Å². The van der Waals surface area contributed by atoms with Crippen LogP contribution in [0.4, 0.5) is 11.4 Å². The summed E-state index contributed by atoms with van der Waals surface area (Å²) >= 11 is 0. The molecule has 3 amide bonds. The molecule has 3 rings (SSSR count). The number of carbonyl (C=O) groups excluding carboxylic acids is 3. The molecule has 3 aromatic rings. The predicted octanol–water partition coefficient (Wildman–Crippen LogP) is 3.81. The molecule has 0 bridgehead atoms. The predicted molar refractivity (Wildman–Crippen MR) is 123 cm³/mol. The number of hydrogen-bond donors (Lipinski definition) is 2. The van der Waals surface area contributed by atoms with Gasteiger partial charge in [0, 0.05) is 31.4 Å². The topological polar surface area (TPSA) is 110 Å². The van der Waals surface area contributed by atoms with E-state index in [9.17, 15) is 14.4 Å². The Balaban J connectivity index is 1.92. The van der Waals surface area contributed by atoms with Crippen LogP contribution in [0, 0.1) is 6.92 Å². The second-order valence-corrected chi connectivity index (χ2v) is 7.37. The molecule has 9 nitrogen and oxygen atoms in total. The van der Waals surface area contributed by atoms with Gasteiger partial charge < -0.3 is 29.4 Å². The van der Waals surface area contributed by atoms with E-state index in [2.05, 4.69) is 10.6 Å². The molecular weight excluding hydrogens is 426 g/mol. The van der Waals surface area contributed by atoms with Crippen molar-refractivity contribution >= 4 is 29.1 Å². The van der Waals surface area contributed by atoms with Crippen molar-refractivity contribution in [1.29, 1.82) is 0 Å². The van der Waals surface area contributed by atoms with Crippen molar-refractivity contribution < 1.29 is 28.3 Å². The SMILES string of the molecule is COc1cc(NC(=O)c2ccc(C)c(NC(=O)c3ccco3)c2)c(C(=O)N(C)C)cc1OC. The van der Waals surface area contributed by atoms with Gasteiger partial charge in [0.1, 0.15) is 0 Å². The smallest absolute Gasteiger partial charge is 0.291 e. The number of rotatable bonds is 7. The number of furan rings is 1. The van der Waals surface area contributed by atoms with Crippen LogP contribution < -0.4 is 20.1 Å². The fraction of sp³-hybridized carbons (Fsp3) is 0.208. The fourth-order valence-corrected chi connectivity index (χ4v) is 3.08. The molecule has 0 atom stereocenters. The first-order valence-corrected chi connectivity index (χ1v) is 9.99. The lowest BCUT2D eigenvalue weighted by molar-refractivity contribution is 0.0828. The number of amides is 3. The second kappa shape index (κ2) is 9.90. The quantitative estimate of drug-likeness (QED) is 0.565. The summed E-state index contributed by atoms with van der Waals surface area (Å²) in [5, 5.41) is 5.50. The van der Waals surface area contributed by atoms with Crippen molar-refractivity contribution in [2.45, 2.75) is 6.92 Å². The van der Waals surface area contributed by atoms with Crippen LogP contribution in [0.25, 0.3) is 0 Å². The summed E-state index contributed by atoms with van der Waals surface area (Å²) in [5.74, 6) is -0.344. The van der Waals surface area contributed by atoms with Crippen LogP contribution in [-0.4, -0.2) is 50.9 Å². The van der Waals surface area contributed by atoms with Crippen LogP contribution in [-0.2, 0) is 0 Å². The highest BCUT2D eigenvalue weighted by Crippen LogP contribution is 2.34. The molecule has 33 heavy (non-hydrogen) atoms. The third kappa shape index (κ3) is 5.15. The first-order valence-electron chi connectivity index (χ1n) is 9.99. The fourth-order valence-electron chi connectivity index (χ4n) is 3.08. The van der Waals surface area contributed by atoms with E-state index in [1.54, 1.807) is 44.4 Å². The molecule has 0 saturated carbocycles. The van der Waals surface area contributed by atoms with E-state index in [-0.39, 0.29) is 28.5 Å². The van der Waals surface area contributed by atoms with E-state index < -0.39 is 11.8 Å². The molecule has 0 radical (unpaired) electrons. The lowest BCUT2D eigenvalue weighted by atomic mass is 10.1. The summed E-state index contributed by atoms with van der Waals surface area (Å²) in [6.45, 7) is 1.81. The number of ether oxygens (including phenoxy) is 2. The molecule has 2 aromatic carbocycles. The van der Waals surface area contributed by atoms with Gasteiger partial charge in [-0.05, 0) is 42.8 Å². The number of nitrogens with zero attached hydrogens (tertiary/aromatic N) is 1. The summed E-state index contributed by atoms with van der Waals surface area (Å²) in [6.07, 6.45) is 1.40. The maximum Gasteiger partial charge on any atom is 0.291 e. The van der Waals surface area contributed by atoms with Crippen LogP contribution in [0.3, 0.4) is 0 Å². The molecule has 0 saturated heterocycles. The number of benzene rings is 2. The highest BCUT2D eigenvalue weighted by molar-refractivity contribution is 6.10. The summed E-state index contributed by atoms with van der Waals surface area (Å²) in [5.41, 5.74) is 2.01. The molecule has 0 fully saturated rings. The summed E-state index contributed by atoms with van der Waals surface area (Å²) in [6, 6.07) is 11.1. The largest absolute Gasteiger partial charge is 0.493 e. The lowest BCUT2D eigenvalue weighted by Gasteiger charge is -2.18. The van der Waals surface area contributed by atoms with E-state index in [1.807, 2.05) is 6.92 Å². The second-order valence-electron chi connectivity index (χ2n) is 7.37. The molecule has 1 aromatic heterocycles. The monoisotopic (exact) mass is 451 g/mol. The molecule has 0 aliphatic heterocycles. The third-order valence-electron chi connectivity index (χ3n) is 4.90. The molecule has 0 aliphatic rings. The van der Waals surface area contributed by atoms with Gasteiger partial charge in [-0.25, -0.2) is 0 Å². The van der Waals surface area contributed by atoms with E-state index >= 15 is 0 Å². The van der Waals surface area contributed by atoms with Crippen molar-refractivity contribution in [3.05, 3.63) is 71.2 Å². The molecule has 2 N–H and O–H groups in total. The summed E-state index contributed by atoms with van der Waals surface area (Å²) in [7, 11) is 6.15. The molecule has 9 heteroatoms. The minimum absolute atomic E-state index is 0.154. The zero-order valence-corrected chi connectivity index (χ0v) is 19.0. The lowest BCUT2D eigenvalue weighted by Crippen LogP contribution is -2.24. The maximum atomic E-state index is 13.1. The van der Waals surface area contributed by atoms with Crippen LogP contribution in [0.2, 0.25) is 0 Å². The average molecular weight is 451 g/mol. The Morgan fingerprint density at radius 1 is 0.879 bits per heavy atom. The van der Waals surface area contributed by atoms with E-state index in [0.717, 1.165) is 5.56 Å². The Bertz CT molecular complexity index is 1190. The Hall–Kier alpha value is -4.27. The first-order chi connectivity index (χ1) is 15.7. The zero-order chi connectivity index (χ0) is 24.1. The first kappa shape index (κ1) is 23.4. The Labute approximate surface area is 191 Å². The number of carbonyl (C=O) groups is 3. The van der Waals surface area contributed by atoms with Crippen molar-refractivity contribution in [3.8, 4) is 11.5 Å². The molecule has 0 unspecified atom stereocenters. The molecule has 0 spiro atoms. The number of aryl methyl sites for hydroxylation is 1. The van der Waals surface area contributed by atoms with Gasteiger partial charge in [-0.3, -0.25) is 14.4 Å². The van der Waals surface area contributed by atoms with Gasteiger partial charge in [0.25, 0.3) is 17.7 Å². The number of hydrogen-bond acceptors (Lipinski definition) is 6. The Morgan fingerprint density at radius 2 is 1.55 bits per heavy atom. The normalized spacial score (nSPS) is 10.3. The van der Waals surface area contributed by atoms with Gasteiger partial charge in [-0.2, -0.15) is 0 Å². The van der Waals surface area contributed by atoms with Crippen LogP contribution >= 0.6 is 0 Å². The molecule has 0 aliphatic carbocycles. The standard InChI is InChI=1S/C24H25N3O6/c1-14-8-9-15(11-17(14)25-23(29)19-7-6-10-33-19)22(28)26-18-13-21(32-5)20(31-4)12-16(18)24(30)27(2)3/h6-13H,1-5H3,(H,25,29)(H,26,28). The van der Waals surface area contributed by atoms with Gasteiger partial charge in [-0.1, -0.05) is 6.07 Å². The molecular formula is C24H25N3O6. The molecule has 172 valence electrons. The van der Waals surface area contributed by atoms with Gasteiger partial charge >= 0.3 is 0 Å². The highest BCUT2D eigenvalue weighted by atomic mass is 16.5. The van der Waals surface area contributed by atoms with Crippen LogP contribution in [0.5, 0.6) is 11.5 Å². The van der Waals surface area contributed by atoms with Crippen molar-refractivity contribution in [3.63, 3.8) is 0 Å². The van der Waals surface area contributed by atoms with Crippen molar-refractivity contribution in [2.75, 3.05) is 38.9 Å². The van der Waals surface area contributed by atoms with Crippen LogP contribution in [0.1, 0.15) is 36.8 Å². The Morgan fingerprint density at radius 3 is 2.15 bits per heavy atom. The number of methoxy groups -OCH3 is 2. The van der Waals surface area contributed by atoms with Gasteiger partial charge in [-0.15, -0.1) is 0 Å². The van der Waals surface area contributed by atoms with Gasteiger partial charge in [0.15, 0.2) is 17.3 Å². The highest BCUT2D eigenvalue weighted by Gasteiger charge is 2.21. The minimum Gasteiger partial charge on any atom is -0.493 e. The molecule has 1 heterocycles. The average Bonchev–Trinajstić information content (AvgIpc) is 3.34. The summed E-state index contributed by atoms with van der Waals surface area (Å²) in [4.78, 5) is 39.5. The number of nitrogens with one attached hydrogen (secondary N) is 2.